The number of fused-ring (bicyclic) bond motifs is 2. The summed E-state index contributed by atoms with van der Waals surface area (Å²) in [5.41, 5.74) is 1.19. The standard InChI is InChI=1S/C18H25ClN2O/c1-12(17-11-14-2-5-15(17)10-14)21-18(22)20-9-8-13-3-6-16(19)7-4-13/h3-4,6-7,12,14-15,17H,2,5,8-11H2,1H3,(H2,20,21,22). The van der Waals surface area contributed by atoms with Gasteiger partial charge in [0.2, 0.25) is 0 Å². The molecule has 2 fully saturated rings. The van der Waals surface area contributed by atoms with Crippen LogP contribution < -0.4 is 10.6 Å². The van der Waals surface area contributed by atoms with E-state index in [0.29, 0.717) is 12.5 Å². The zero-order valence-electron chi connectivity index (χ0n) is 13.1. The van der Waals surface area contributed by atoms with E-state index in [4.69, 9.17) is 11.6 Å². The third-order valence-electron chi connectivity index (χ3n) is 5.41. The van der Waals surface area contributed by atoms with Gasteiger partial charge in [-0.05, 0) is 68.1 Å². The summed E-state index contributed by atoms with van der Waals surface area (Å²) in [4.78, 5) is 12.0. The summed E-state index contributed by atoms with van der Waals surface area (Å²) in [5, 5.41) is 6.84. The van der Waals surface area contributed by atoms with E-state index >= 15 is 0 Å². The zero-order valence-corrected chi connectivity index (χ0v) is 13.9. The smallest absolute Gasteiger partial charge is 0.315 e. The highest BCUT2D eigenvalue weighted by atomic mass is 35.5. The molecule has 4 unspecified atom stereocenters. The van der Waals surface area contributed by atoms with Crippen molar-refractivity contribution in [3.8, 4) is 0 Å². The maximum Gasteiger partial charge on any atom is 0.315 e. The number of hydrogen-bond donors (Lipinski definition) is 2. The Morgan fingerprint density at radius 3 is 2.68 bits per heavy atom. The van der Waals surface area contributed by atoms with E-state index in [1.165, 1.54) is 31.2 Å². The van der Waals surface area contributed by atoms with Crippen LogP contribution in [0.15, 0.2) is 24.3 Å². The minimum absolute atomic E-state index is 0.0377. The van der Waals surface area contributed by atoms with E-state index in [9.17, 15) is 4.79 Å². The molecule has 1 aromatic carbocycles. The molecule has 2 bridgehead atoms. The van der Waals surface area contributed by atoms with Gasteiger partial charge < -0.3 is 10.6 Å². The van der Waals surface area contributed by atoms with E-state index in [0.717, 1.165) is 23.3 Å². The number of hydrogen-bond acceptors (Lipinski definition) is 1. The number of carbonyl (C=O) groups excluding carboxylic acids is 1. The van der Waals surface area contributed by atoms with Crippen molar-refractivity contribution in [2.24, 2.45) is 17.8 Å². The summed E-state index contributed by atoms with van der Waals surface area (Å²) in [6.45, 7) is 2.81. The SMILES string of the molecule is CC(NC(=O)NCCc1ccc(Cl)cc1)C1CC2CCC1C2. The molecule has 3 nitrogen and oxygen atoms in total. The van der Waals surface area contributed by atoms with Crippen molar-refractivity contribution in [3.05, 3.63) is 34.9 Å². The largest absolute Gasteiger partial charge is 0.338 e. The van der Waals surface area contributed by atoms with E-state index < -0.39 is 0 Å². The maximum absolute atomic E-state index is 12.0. The van der Waals surface area contributed by atoms with Crippen LogP contribution in [0.5, 0.6) is 0 Å². The molecule has 1 aromatic rings. The Hall–Kier alpha value is -1.22. The van der Waals surface area contributed by atoms with Gasteiger partial charge in [0.15, 0.2) is 0 Å². The molecule has 2 aliphatic rings. The molecular weight excluding hydrogens is 296 g/mol. The van der Waals surface area contributed by atoms with E-state index in [-0.39, 0.29) is 12.1 Å². The third-order valence-corrected chi connectivity index (χ3v) is 5.66. The number of benzene rings is 1. The fourth-order valence-corrected chi connectivity index (χ4v) is 4.37. The third kappa shape index (κ3) is 3.75. The molecular formula is C18H25ClN2O. The van der Waals surface area contributed by atoms with Crippen molar-refractivity contribution >= 4 is 17.6 Å². The number of rotatable bonds is 5. The monoisotopic (exact) mass is 320 g/mol. The molecule has 4 atom stereocenters. The lowest BCUT2D eigenvalue weighted by molar-refractivity contribution is 0.220. The van der Waals surface area contributed by atoms with Gasteiger partial charge in [0.05, 0.1) is 0 Å². The van der Waals surface area contributed by atoms with Gasteiger partial charge in [0, 0.05) is 17.6 Å². The predicted molar refractivity (Wildman–Crippen MR) is 90.1 cm³/mol. The number of amides is 2. The van der Waals surface area contributed by atoms with Crippen LogP contribution in [0.3, 0.4) is 0 Å². The quantitative estimate of drug-likeness (QED) is 0.845. The molecule has 3 rings (SSSR count). The second kappa shape index (κ2) is 6.91. The maximum atomic E-state index is 12.0. The van der Waals surface area contributed by atoms with Gasteiger partial charge in [0.25, 0.3) is 0 Å². The Labute approximate surface area is 137 Å². The minimum Gasteiger partial charge on any atom is -0.338 e. The van der Waals surface area contributed by atoms with Crippen LogP contribution in [0.4, 0.5) is 4.79 Å². The van der Waals surface area contributed by atoms with Gasteiger partial charge in [-0.2, -0.15) is 0 Å². The first-order valence-corrected chi connectivity index (χ1v) is 8.78. The predicted octanol–water partition coefficient (Wildman–Crippen LogP) is 4.01. The van der Waals surface area contributed by atoms with E-state index in [1.54, 1.807) is 0 Å². The van der Waals surface area contributed by atoms with Gasteiger partial charge in [-0.1, -0.05) is 30.2 Å². The lowest BCUT2D eigenvalue weighted by Gasteiger charge is -2.28. The van der Waals surface area contributed by atoms with Gasteiger partial charge in [-0.15, -0.1) is 0 Å². The molecule has 4 heteroatoms. The molecule has 2 aliphatic carbocycles. The molecule has 2 saturated carbocycles. The molecule has 0 aromatic heterocycles. The van der Waals surface area contributed by atoms with Crippen LogP contribution >= 0.6 is 11.6 Å². The normalized spacial score (nSPS) is 27.6. The first-order chi connectivity index (χ1) is 10.6. The summed E-state index contributed by atoms with van der Waals surface area (Å²) >= 11 is 5.86. The minimum atomic E-state index is -0.0377. The Kier molecular flexibility index (Phi) is 4.92. The number of urea groups is 1. The van der Waals surface area contributed by atoms with Crippen molar-refractivity contribution in [1.82, 2.24) is 10.6 Å². The Balaban J connectivity index is 1.38. The van der Waals surface area contributed by atoms with Crippen LogP contribution in [-0.4, -0.2) is 18.6 Å². The fraction of sp³-hybridized carbons (Fsp3) is 0.611. The molecule has 0 radical (unpaired) electrons. The average molecular weight is 321 g/mol. The van der Waals surface area contributed by atoms with Gasteiger partial charge >= 0.3 is 6.03 Å². The molecule has 22 heavy (non-hydrogen) atoms. The number of halogens is 1. The molecule has 0 spiro atoms. The van der Waals surface area contributed by atoms with Crippen LogP contribution in [0.1, 0.15) is 38.2 Å². The van der Waals surface area contributed by atoms with Crippen molar-refractivity contribution in [2.75, 3.05) is 6.54 Å². The molecule has 2 N–H and O–H groups in total. The van der Waals surface area contributed by atoms with Crippen molar-refractivity contribution < 1.29 is 4.79 Å². The second-order valence-corrected chi connectivity index (χ2v) is 7.34. The van der Waals surface area contributed by atoms with Gasteiger partial charge in [0.1, 0.15) is 0 Å². The van der Waals surface area contributed by atoms with Crippen LogP contribution in [0.2, 0.25) is 5.02 Å². The molecule has 0 heterocycles. The summed E-state index contributed by atoms with van der Waals surface area (Å²) in [7, 11) is 0. The molecule has 120 valence electrons. The van der Waals surface area contributed by atoms with Crippen molar-refractivity contribution in [1.29, 1.82) is 0 Å². The van der Waals surface area contributed by atoms with Crippen LogP contribution in [0.25, 0.3) is 0 Å². The van der Waals surface area contributed by atoms with Crippen molar-refractivity contribution in [3.63, 3.8) is 0 Å². The van der Waals surface area contributed by atoms with E-state index in [1.807, 2.05) is 24.3 Å². The first-order valence-electron chi connectivity index (χ1n) is 8.40. The topological polar surface area (TPSA) is 41.1 Å². The lowest BCUT2D eigenvalue weighted by atomic mass is 9.84. The Bertz CT molecular complexity index is 516. The highest BCUT2D eigenvalue weighted by Gasteiger charge is 2.42. The summed E-state index contributed by atoms with van der Waals surface area (Å²) < 4.78 is 0. The Morgan fingerprint density at radius 2 is 2.05 bits per heavy atom. The van der Waals surface area contributed by atoms with Crippen LogP contribution in [-0.2, 0) is 6.42 Å². The van der Waals surface area contributed by atoms with Crippen LogP contribution in [0, 0.1) is 17.8 Å². The van der Waals surface area contributed by atoms with Gasteiger partial charge in [-0.25, -0.2) is 4.79 Å². The zero-order chi connectivity index (χ0) is 15.5. The number of carbonyl (C=O) groups is 1. The summed E-state index contributed by atoms with van der Waals surface area (Å²) in [6, 6.07) is 8.01. The lowest BCUT2D eigenvalue weighted by Crippen LogP contribution is -2.45. The second-order valence-electron chi connectivity index (χ2n) is 6.90. The molecule has 2 amide bonds. The van der Waals surface area contributed by atoms with E-state index in [2.05, 4.69) is 17.6 Å². The summed E-state index contributed by atoms with van der Waals surface area (Å²) in [6.07, 6.45) is 6.28. The van der Waals surface area contributed by atoms with Gasteiger partial charge in [-0.3, -0.25) is 0 Å². The first kappa shape index (κ1) is 15.7. The highest BCUT2D eigenvalue weighted by molar-refractivity contribution is 6.30. The highest BCUT2D eigenvalue weighted by Crippen LogP contribution is 2.49. The average Bonchev–Trinajstić information content (AvgIpc) is 3.12. The fourth-order valence-electron chi connectivity index (χ4n) is 4.24. The molecule has 0 aliphatic heterocycles. The number of nitrogens with one attached hydrogen (secondary N) is 2. The van der Waals surface area contributed by atoms with Crippen molar-refractivity contribution in [2.45, 2.75) is 45.1 Å². The molecule has 0 saturated heterocycles. The Morgan fingerprint density at radius 1 is 1.27 bits per heavy atom. The summed E-state index contributed by atoms with van der Waals surface area (Å²) in [5.74, 6) is 2.45.